The first kappa shape index (κ1) is 12.4. The van der Waals surface area contributed by atoms with Gasteiger partial charge in [0.15, 0.2) is 5.84 Å². The van der Waals surface area contributed by atoms with Crippen molar-refractivity contribution in [2.45, 2.75) is 20.4 Å². The van der Waals surface area contributed by atoms with E-state index < -0.39 is 5.41 Å². The Morgan fingerprint density at radius 3 is 2.94 bits per heavy atom. The summed E-state index contributed by atoms with van der Waals surface area (Å²) in [5, 5.41) is 14.1. The molecule has 0 saturated heterocycles. The van der Waals surface area contributed by atoms with Gasteiger partial charge in [0.25, 0.3) is 0 Å². The Hall–Kier alpha value is -1.63. The Labute approximate surface area is 97.2 Å². The van der Waals surface area contributed by atoms with Gasteiger partial charge < -0.3 is 16.3 Å². The molecule has 0 aliphatic rings. The number of hydrogen-bond donors (Lipinski definition) is 3. The second kappa shape index (κ2) is 4.93. The molecule has 6 nitrogen and oxygen atoms in total. The Morgan fingerprint density at radius 2 is 2.44 bits per heavy atom. The maximum atomic E-state index is 11.8. The molecule has 0 aliphatic heterocycles. The summed E-state index contributed by atoms with van der Waals surface area (Å²) >= 11 is 1.45. The molecule has 0 aliphatic carbocycles. The quantitative estimate of drug-likeness (QED) is 0.310. The highest BCUT2D eigenvalue weighted by atomic mass is 32.1. The molecular weight excluding hydrogens is 228 g/mol. The smallest absolute Gasteiger partial charge is 0.233 e. The minimum absolute atomic E-state index is 0.116. The number of aromatic nitrogens is 1. The lowest BCUT2D eigenvalue weighted by Gasteiger charge is -2.21. The largest absolute Gasteiger partial charge is 0.409 e. The van der Waals surface area contributed by atoms with Crippen LogP contribution in [-0.4, -0.2) is 21.9 Å². The first-order chi connectivity index (χ1) is 7.48. The highest BCUT2D eigenvalue weighted by Crippen LogP contribution is 2.15. The number of carbonyl (C=O) groups is 1. The maximum absolute atomic E-state index is 11.8. The van der Waals surface area contributed by atoms with Crippen LogP contribution in [0.5, 0.6) is 0 Å². The molecule has 1 heterocycles. The number of amides is 1. The van der Waals surface area contributed by atoms with Crippen LogP contribution >= 0.6 is 11.3 Å². The number of oxime groups is 1. The molecule has 0 radical (unpaired) electrons. The number of carbonyl (C=O) groups excluding carboxylic acids is 1. The Kier molecular flexibility index (Phi) is 3.83. The van der Waals surface area contributed by atoms with Crippen molar-refractivity contribution in [1.82, 2.24) is 10.3 Å². The first-order valence-electron chi connectivity index (χ1n) is 4.62. The van der Waals surface area contributed by atoms with Gasteiger partial charge in [0.1, 0.15) is 5.41 Å². The van der Waals surface area contributed by atoms with Crippen LogP contribution in [0.2, 0.25) is 0 Å². The van der Waals surface area contributed by atoms with Crippen LogP contribution in [0.3, 0.4) is 0 Å². The molecule has 0 atom stereocenters. The Bertz CT molecular complexity index is 386. The zero-order valence-electron chi connectivity index (χ0n) is 9.10. The van der Waals surface area contributed by atoms with E-state index in [-0.39, 0.29) is 11.7 Å². The van der Waals surface area contributed by atoms with Crippen molar-refractivity contribution >= 4 is 23.1 Å². The average Bonchev–Trinajstić information content (AvgIpc) is 2.77. The van der Waals surface area contributed by atoms with Crippen LogP contribution in [0.25, 0.3) is 0 Å². The minimum Gasteiger partial charge on any atom is -0.409 e. The molecule has 0 spiro atoms. The lowest BCUT2D eigenvalue weighted by atomic mass is 9.91. The van der Waals surface area contributed by atoms with Gasteiger partial charge in [0, 0.05) is 11.1 Å². The van der Waals surface area contributed by atoms with Crippen molar-refractivity contribution in [1.29, 1.82) is 0 Å². The lowest BCUT2D eigenvalue weighted by Crippen LogP contribution is -2.45. The monoisotopic (exact) mass is 242 g/mol. The predicted molar refractivity (Wildman–Crippen MR) is 61.2 cm³/mol. The molecule has 0 bridgehead atoms. The van der Waals surface area contributed by atoms with Gasteiger partial charge in [-0.1, -0.05) is 5.16 Å². The van der Waals surface area contributed by atoms with Gasteiger partial charge >= 0.3 is 0 Å². The fourth-order valence-corrected chi connectivity index (χ4v) is 1.49. The third-order valence-corrected chi connectivity index (χ3v) is 3.00. The van der Waals surface area contributed by atoms with E-state index in [1.165, 1.54) is 11.3 Å². The number of thiazole rings is 1. The molecule has 0 unspecified atom stereocenters. The number of nitrogens with one attached hydrogen (secondary N) is 1. The Morgan fingerprint density at radius 1 is 1.75 bits per heavy atom. The lowest BCUT2D eigenvalue weighted by molar-refractivity contribution is -0.126. The second-order valence-electron chi connectivity index (χ2n) is 3.76. The van der Waals surface area contributed by atoms with Gasteiger partial charge in [0.2, 0.25) is 5.91 Å². The molecule has 88 valence electrons. The number of rotatable bonds is 4. The van der Waals surface area contributed by atoms with Crippen molar-refractivity contribution in [2.24, 2.45) is 16.3 Å². The van der Waals surface area contributed by atoms with Gasteiger partial charge in [-0.2, -0.15) is 0 Å². The molecule has 1 amide bonds. The molecule has 0 aromatic carbocycles. The van der Waals surface area contributed by atoms with Crippen molar-refractivity contribution in [2.75, 3.05) is 0 Å². The zero-order valence-corrected chi connectivity index (χ0v) is 9.91. The van der Waals surface area contributed by atoms with E-state index in [4.69, 9.17) is 10.9 Å². The van der Waals surface area contributed by atoms with Crippen LogP contribution in [-0.2, 0) is 11.3 Å². The third-order valence-electron chi connectivity index (χ3n) is 2.22. The maximum Gasteiger partial charge on any atom is 0.233 e. The molecule has 1 rings (SSSR count). The SMILES string of the molecule is CC(C)(C(=O)NCc1cncs1)C(N)=NO. The summed E-state index contributed by atoms with van der Waals surface area (Å²) in [7, 11) is 0. The van der Waals surface area contributed by atoms with Crippen molar-refractivity contribution in [3.8, 4) is 0 Å². The van der Waals surface area contributed by atoms with E-state index in [0.717, 1.165) is 4.88 Å². The molecule has 1 aromatic heterocycles. The van der Waals surface area contributed by atoms with E-state index in [0.29, 0.717) is 6.54 Å². The van der Waals surface area contributed by atoms with Gasteiger partial charge in [-0.3, -0.25) is 9.78 Å². The summed E-state index contributed by atoms with van der Waals surface area (Å²) in [6.45, 7) is 3.57. The van der Waals surface area contributed by atoms with Crippen LogP contribution in [0.1, 0.15) is 18.7 Å². The summed E-state index contributed by atoms with van der Waals surface area (Å²) < 4.78 is 0. The minimum atomic E-state index is -1.03. The summed E-state index contributed by atoms with van der Waals surface area (Å²) in [5.41, 5.74) is 6.09. The number of nitrogens with zero attached hydrogens (tertiary/aromatic N) is 2. The summed E-state index contributed by atoms with van der Waals surface area (Å²) in [6.07, 6.45) is 1.68. The van der Waals surface area contributed by atoms with Gasteiger partial charge in [-0.25, -0.2) is 0 Å². The summed E-state index contributed by atoms with van der Waals surface area (Å²) in [4.78, 5) is 16.6. The van der Waals surface area contributed by atoms with E-state index in [1.54, 1.807) is 25.6 Å². The van der Waals surface area contributed by atoms with Crippen molar-refractivity contribution < 1.29 is 10.0 Å². The number of hydrogen-bond acceptors (Lipinski definition) is 5. The number of amidine groups is 1. The van der Waals surface area contributed by atoms with Crippen LogP contribution in [0, 0.1) is 5.41 Å². The van der Waals surface area contributed by atoms with Gasteiger partial charge in [-0.15, -0.1) is 11.3 Å². The molecule has 0 saturated carbocycles. The van der Waals surface area contributed by atoms with E-state index in [1.807, 2.05) is 0 Å². The van der Waals surface area contributed by atoms with E-state index in [9.17, 15) is 4.79 Å². The van der Waals surface area contributed by atoms with Crippen LogP contribution in [0.15, 0.2) is 16.9 Å². The van der Waals surface area contributed by atoms with E-state index >= 15 is 0 Å². The molecule has 1 aromatic rings. The van der Waals surface area contributed by atoms with Crippen molar-refractivity contribution in [3.63, 3.8) is 0 Å². The molecule has 7 heteroatoms. The van der Waals surface area contributed by atoms with Crippen LogP contribution < -0.4 is 11.1 Å². The zero-order chi connectivity index (χ0) is 12.2. The molecule has 4 N–H and O–H groups in total. The van der Waals surface area contributed by atoms with Crippen molar-refractivity contribution in [3.05, 3.63) is 16.6 Å². The second-order valence-corrected chi connectivity index (χ2v) is 4.73. The highest BCUT2D eigenvalue weighted by molar-refractivity contribution is 7.09. The fourth-order valence-electron chi connectivity index (χ4n) is 0.959. The average molecular weight is 242 g/mol. The van der Waals surface area contributed by atoms with Gasteiger partial charge in [-0.05, 0) is 13.8 Å². The van der Waals surface area contributed by atoms with Gasteiger partial charge in [0.05, 0.1) is 12.1 Å². The third kappa shape index (κ3) is 2.69. The molecule has 16 heavy (non-hydrogen) atoms. The topological polar surface area (TPSA) is 101 Å². The normalized spacial score (nSPS) is 12.5. The summed E-state index contributed by atoms with van der Waals surface area (Å²) in [6, 6.07) is 0. The Balaban J connectivity index is 2.59. The fraction of sp³-hybridized carbons (Fsp3) is 0.444. The summed E-state index contributed by atoms with van der Waals surface area (Å²) in [5.74, 6) is -0.412. The standard InChI is InChI=1S/C9H14N4O2S/c1-9(2,7(10)13-15)8(14)12-4-6-3-11-5-16-6/h3,5,15H,4H2,1-2H3,(H2,10,13)(H,12,14). The number of nitrogens with two attached hydrogens (primary N) is 1. The highest BCUT2D eigenvalue weighted by Gasteiger charge is 2.32. The van der Waals surface area contributed by atoms with Crippen LogP contribution in [0.4, 0.5) is 0 Å². The predicted octanol–water partition coefficient (Wildman–Crippen LogP) is 0.532. The molecule has 0 fully saturated rings. The molecular formula is C9H14N4O2S. The first-order valence-corrected chi connectivity index (χ1v) is 5.50. The van der Waals surface area contributed by atoms with E-state index in [2.05, 4.69) is 15.5 Å².